The normalized spacial score (nSPS) is 14.7. The number of nitrogens with zero attached hydrogens (tertiary/aromatic N) is 1. The van der Waals surface area contributed by atoms with Crippen LogP contribution in [0.3, 0.4) is 0 Å². The highest BCUT2D eigenvalue weighted by Crippen LogP contribution is 2.47. The molecule has 4 N–H and O–H groups in total. The molecule has 0 spiro atoms. The highest BCUT2D eigenvalue weighted by Gasteiger charge is 2.56. The Bertz CT molecular complexity index is 1280. The van der Waals surface area contributed by atoms with E-state index in [0.717, 1.165) is 12.3 Å². The second-order valence-corrected chi connectivity index (χ2v) is 9.39. The van der Waals surface area contributed by atoms with Gasteiger partial charge in [-0.15, -0.1) is 0 Å². The number of rotatable bonds is 9. The summed E-state index contributed by atoms with van der Waals surface area (Å²) in [4.78, 5) is 3.55. The molecule has 1 unspecified atom stereocenters. The van der Waals surface area contributed by atoms with Crippen molar-refractivity contribution >= 4 is 23.3 Å². The monoisotopic (exact) mass is 518 g/mol. The fourth-order valence-electron chi connectivity index (χ4n) is 4.38. The molecule has 0 radical (unpaired) electrons. The smallest absolute Gasteiger partial charge is 0.418 e. The molecule has 196 valence electrons. The maximum Gasteiger partial charge on any atom is 0.418 e. The Morgan fingerprint density at radius 2 is 1.78 bits per heavy atom. The van der Waals surface area contributed by atoms with Gasteiger partial charge in [-0.05, 0) is 42.2 Å². The van der Waals surface area contributed by atoms with Crippen LogP contribution in [0.15, 0.2) is 54.7 Å². The number of anilines is 3. The first kappa shape index (κ1) is 26.2. The van der Waals surface area contributed by atoms with Crippen LogP contribution < -0.4 is 20.1 Å². The zero-order valence-corrected chi connectivity index (χ0v) is 20.1. The van der Waals surface area contributed by atoms with Gasteiger partial charge in [0.2, 0.25) is 12.7 Å². The molecule has 1 aliphatic heterocycles. The lowest BCUT2D eigenvalue weighted by atomic mass is 9.74. The molecule has 1 aliphatic rings. The van der Waals surface area contributed by atoms with Crippen molar-refractivity contribution in [2.24, 2.45) is 0 Å². The number of aromatic nitrogens is 1. The molecule has 0 bridgehead atoms. The van der Waals surface area contributed by atoms with Crippen molar-refractivity contribution in [2.45, 2.75) is 37.5 Å². The van der Waals surface area contributed by atoms with Crippen LogP contribution in [0.1, 0.15) is 31.4 Å². The molecule has 0 saturated carbocycles. The van der Waals surface area contributed by atoms with Crippen LogP contribution in [0.2, 0.25) is 0 Å². The molecule has 7 nitrogen and oxygen atoms in total. The van der Waals surface area contributed by atoms with Crippen LogP contribution in [-0.2, 0) is 5.41 Å². The third kappa shape index (κ3) is 5.46. The largest absolute Gasteiger partial charge is 0.454 e. The van der Waals surface area contributed by atoms with E-state index in [1.165, 1.54) is 18.3 Å². The Morgan fingerprint density at radius 3 is 2.46 bits per heavy atom. The predicted molar refractivity (Wildman–Crippen MR) is 132 cm³/mol. The van der Waals surface area contributed by atoms with E-state index >= 15 is 0 Å². The van der Waals surface area contributed by atoms with E-state index in [1.54, 1.807) is 44.2 Å². The molecule has 37 heavy (non-hydrogen) atoms. The summed E-state index contributed by atoms with van der Waals surface area (Å²) in [6.07, 6.45) is -3.41. The molecule has 11 heteroatoms. The number of hydrogen-bond acceptors (Lipinski definition) is 7. The van der Waals surface area contributed by atoms with Crippen molar-refractivity contribution in [1.82, 2.24) is 4.98 Å². The van der Waals surface area contributed by atoms with Gasteiger partial charge in [-0.1, -0.05) is 32.0 Å². The summed E-state index contributed by atoms with van der Waals surface area (Å²) in [5, 5.41) is 24.4. The number of ether oxygens (including phenoxy) is 2. The number of halogens is 4. The standard InChI is InChI=1S/C26H26F4N4O3/c1-24(2,18-5-3-8-21-23(18)37-15-36-21)13-25(35,26(28,29)30)14-33-19-6-4-7-20(17(19)11-31)34-16-9-10-22(27)32-12-16/h3-12,31,33-35H,13-15H2,1-2H3. The van der Waals surface area contributed by atoms with E-state index < -0.39 is 36.1 Å². The van der Waals surface area contributed by atoms with E-state index in [1.807, 2.05) is 0 Å². The van der Waals surface area contributed by atoms with Crippen molar-refractivity contribution in [1.29, 1.82) is 5.41 Å². The van der Waals surface area contributed by atoms with Gasteiger partial charge in [-0.2, -0.15) is 17.6 Å². The zero-order valence-electron chi connectivity index (χ0n) is 20.1. The summed E-state index contributed by atoms with van der Waals surface area (Å²) in [6.45, 7) is 2.31. The van der Waals surface area contributed by atoms with Crippen LogP contribution in [-0.4, -0.2) is 41.4 Å². The van der Waals surface area contributed by atoms with E-state index in [2.05, 4.69) is 15.6 Å². The van der Waals surface area contributed by atoms with Crippen molar-refractivity contribution in [3.05, 3.63) is 71.8 Å². The number of hydrogen-bond donors (Lipinski definition) is 4. The van der Waals surface area contributed by atoms with Crippen molar-refractivity contribution in [2.75, 3.05) is 24.0 Å². The first-order chi connectivity index (χ1) is 17.4. The lowest BCUT2D eigenvalue weighted by Crippen LogP contribution is -2.53. The molecular formula is C26H26F4N4O3. The summed E-state index contributed by atoms with van der Waals surface area (Å²) >= 11 is 0. The minimum atomic E-state index is -4.97. The SMILES string of the molecule is CC(C)(CC(O)(CNc1cccc(Nc2ccc(F)nc2)c1C=N)C(F)(F)F)c1cccc2c1OCO2. The highest BCUT2D eigenvalue weighted by atomic mass is 19.4. The van der Waals surface area contributed by atoms with Gasteiger partial charge >= 0.3 is 6.18 Å². The second-order valence-electron chi connectivity index (χ2n) is 9.39. The predicted octanol–water partition coefficient (Wildman–Crippen LogP) is 5.76. The maximum absolute atomic E-state index is 14.3. The number of para-hydroxylation sites is 1. The molecular weight excluding hydrogens is 492 g/mol. The summed E-state index contributed by atoms with van der Waals surface area (Å²) < 4.78 is 66.8. The highest BCUT2D eigenvalue weighted by molar-refractivity contribution is 5.94. The maximum atomic E-state index is 14.3. The Labute approximate surface area is 211 Å². The Morgan fingerprint density at radius 1 is 1.05 bits per heavy atom. The van der Waals surface area contributed by atoms with Crippen LogP contribution >= 0.6 is 0 Å². The molecule has 2 heterocycles. The first-order valence-corrected chi connectivity index (χ1v) is 11.4. The number of benzene rings is 2. The zero-order chi connectivity index (χ0) is 26.8. The minimum Gasteiger partial charge on any atom is -0.454 e. The lowest BCUT2D eigenvalue weighted by molar-refractivity contribution is -0.260. The van der Waals surface area contributed by atoms with Crippen LogP contribution in [0.25, 0.3) is 0 Å². The molecule has 0 saturated heterocycles. The number of fused-ring (bicyclic) bond motifs is 1. The van der Waals surface area contributed by atoms with Gasteiger partial charge < -0.3 is 30.6 Å². The molecule has 2 aromatic carbocycles. The lowest BCUT2D eigenvalue weighted by Gasteiger charge is -2.38. The molecule has 0 fully saturated rings. The van der Waals surface area contributed by atoms with Crippen LogP contribution in [0, 0.1) is 11.4 Å². The Hall–Kier alpha value is -3.86. The summed E-state index contributed by atoms with van der Waals surface area (Å²) in [5.41, 5.74) is -2.51. The quantitative estimate of drug-likeness (QED) is 0.163. The average Bonchev–Trinajstić information content (AvgIpc) is 3.32. The van der Waals surface area contributed by atoms with Crippen molar-refractivity contribution < 1.29 is 32.1 Å². The van der Waals surface area contributed by atoms with Gasteiger partial charge in [0.15, 0.2) is 17.1 Å². The van der Waals surface area contributed by atoms with E-state index in [4.69, 9.17) is 14.9 Å². The summed E-state index contributed by atoms with van der Waals surface area (Å²) in [5.74, 6) is 0.142. The van der Waals surface area contributed by atoms with Gasteiger partial charge in [0.25, 0.3) is 0 Å². The Balaban J connectivity index is 1.59. The first-order valence-electron chi connectivity index (χ1n) is 11.4. The molecule has 4 rings (SSSR count). The summed E-state index contributed by atoms with van der Waals surface area (Å²) in [7, 11) is 0. The average molecular weight is 519 g/mol. The van der Waals surface area contributed by atoms with Gasteiger partial charge in [0.05, 0.1) is 18.4 Å². The van der Waals surface area contributed by atoms with Crippen molar-refractivity contribution in [3.8, 4) is 11.5 Å². The number of alkyl halides is 3. The molecule has 1 atom stereocenters. The number of nitrogens with one attached hydrogen (secondary N) is 3. The van der Waals surface area contributed by atoms with Gasteiger partial charge in [0, 0.05) is 28.7 Å². The molecule has 3 aromatic rings. The fraction of sp³-hybridized carbons (Fsp3) is 0.308. The fourth-order valence-corrected chi connectivity index (χ4v) is 4.38. The van der Waals surface area contributed by atoms with Crippen LogP contribution in [0.5, 0.6) is 11.5 Å². The van der Waals surface area contributed by atoms with Gasteiger partial charge in [-0.25, -0.2) is 4.98 Å². The molecule has 0 amide bonds. The third-order valence-electron chi connectivity index (χ3n) is 6.22. The Kier molecular flexibility index (Phi) is 7.00. The van der Waals surface area contributed by atoms with Crippen molar-refractivity contribution in [3.63, 3.8) is 0 Å². The minimum absolute atomic E-state index is 0.0295. The van der Waals surface area contributed by atoms with E-state index in [9.17, 15) is 22.7 Å². The molecule has 1 aromatic heterocycles. The van der Waals surface area contributed by atoms with E-state index in [0.29, 0.717) is 28.4 Å². The third-order valence-corrected chi connectivity index (χ3v) is 6.22. The number of aliphatic hydroxyl groups is 1. The van der Waals surface area contributed by atoms with Gasteiger partial charge in [-0.3, -0.25) is 0 Å². The van der Waals surface area contributed by atoms with Crippen LogP contribution in [0.4, 0.5) is 34.6 Å². The molecule has 0 aliphatic carbocycles. The summed E-state index contributed by atoms with van der Waals surface area (Å²) in [6, 6.07) is 12.3. The van der Waals surface area contributed by atoms with Gasteiger partial charge in [0.1, 0.15) is 0 Å². The second kappa shape index (κ2) is 9.89. The number of pyridine rings is 1. The van der Waals surface area contributed by atoms with E-state index in [-0.39, 0.29) is 18.0 Å². The topological polar surface area (TPSA) is 99.5 Å².